The van der Waals surface area contributed by atoms with Gasteiger partial charge in [0.2, 0.25) is 0 Å². The molecule has 1 fully saturated rings. The van der Waals surface area contributed by atoms with E-state index in [1.165, 1.54) is 0 Å². The average molecular weight is 215 g/mol. The minimum Gasteiger partial charge on any atom is -0.287 e. The van der Waals surface area contributed by atoms with Crippen LogP contribution in [0.2, 0.25) is 0 Å². The van der Waals surface area contributed by atoms with Gasteiger partial charge in [0, 0.05) is 5.88 Å². The molecule has 0 spiro atoms. The van der Waals surface area contributed by atoms with Crippen molar-refractivity contribution in [3.8, 4) is 0 Å². The smallest absolute Gasteiger partial charge is 0.287 e. The van der Waals surface area contributed by atoms with Crippen molar-refractivity contribution in [2.24, 2.45) is 0 Å². The number of phosphoric acid groups is 1. The third-order valence-electron chi connectivity index (χ3n) is 1.43. The molecule has 4 nitrogen and oxygen atoms in total. The lowest BCUT2D eigenvalue weighted by atomic mass is 10.3. The predicted octanol–water partition coefficient (Wildman–Crippen LogP) is 2.18. The zero-order valence-electron chi connectivity index (χ0n) is 6.86. The molecule has 0 bridgehead atoms. The van der Waals surface area contributed by atoms with E-state index < -0.39 is 7.82 Å². The van der Waals surface area contributed by atoms with Gasteiger partial charge >= 0.3 is 7.82 Å². The zero-order chi connectivity index (χ0) is 9.03. The molecule has 0 aromatic rings. The number of halogens is 1. The first-order valence-corrected chi connectivity index (χ1v) is 5.83. The molecule has 0 amide bonds. The molecule has 1 aliphatic rings. The summed E-state index contributed by atoms with van der Waals surface area (Å²) in [5, 5.41) is 0. The van der Waals surface area contributed by atoms with E-state index in [4.69, 9.17) is 25.2 Å². The van der Waals surface area contributed by atoms with Gasteiger partial charge in [0.1, 0.15) is 0 Å². The highest BCUT2D eigenvalue weighted by Gasteiger charge is 2.34. The highest BCUT2D eigenvalue weighted by atomic mass is 35.5. The minimum atomic E-state index is -3.27. The van der Waals surface area contributed by atoms with Gasteiger partial charge in [0.25, 0.3) is 0 Å². The second-order valence-electron chi connectivity index (χ2n) is 2.37. The first kappa shape index (κ1) is 10.5. The molecule has 0 aromatic carbocycles. The van der Waals surface area contributed by atoms with E-state index in [-0.39, 0.29) is 6.10 Å². The van der Waals surface area contributed by atoms with Crippen LogP contribution in [0.3, 0.4) is 0 Å². The van der Waals surface area contributed by atoms with E-state index in [1.54, 1.807) is 6.92 Å². The fraction of sp³-hybridized carbons (Fsp3) is 1.00. The number of hydrogen-bond acceptors (Lipinski definition) is 4. The van der Waals surface area contributed by atoms with Gasteiger partial charge in [0.05, 0.1) is 19.3 Å². The summed E-state index contributed by atoms with van der Waals surface area (Å²) in [7, 11) is -3.27. The largest absolute Gasteiger partial charge is 0.475 e. The molecule has 0 radical (unpaired) electrons. The molecule has 0 unspecified atom stereocenters. The van der Waals surface area contributed by atoms with Crippen molar-refractivity contribution in [3.63, 3.8) is 0 Å². The van der Waals surface area contributed by atoms with Gasteiger partial charge in [-0.25, -0.2) is 4.57 Å². The normalized spacial score (nSPS) is 36.7. The van der Waals surface area contributed by atoms with Crippen LogP contribution in [0.5, 0.6) is 0 Å². The lowest BCUT2D eigenvalue weighted by Gasteiger charge is -2.27. The summed E-state index contributed by atoms with van der Waals surface area (Å²) in [6, 6.07) is 0. The van der Waals surface area contributed by atoms with Crippen LogP contribution in [0, 0.1) is 0 Å². The molecule has 1 heterocycles. The predicted molar refractivity (Wildman–Crippen MR) is 45.4 cm³/mol. The summed E-state index contributed by atoms with van der Waals surface area (Å²) in [5.74, 6) is 0.320. The van der Waals surface area contributed by atoms with E-state index >= 15 is 0 Å². The lowest BCUT2D eigenvalue weighted by Crippen LogP contribution is -2.22. The van der Waals surface area contributed by atoms with E-state index in [9.17, 15) is 4.57 Å². The van der Waals surface area contributed by atoms with Crippen LogP contribution in [0.25, 0.3) is 0 Å². The topological polar surface area (TPSA) is 44.8 Å². The molecule has 0 N–H and O–H groups in total. The van der Waals surface area contributed by atoms with Crippen LogP contribution in [0.4, 0.5) is 0 Å². The molecular weight excluding hydrogens is 202 g/mol. The van der Waals surface area contributed by atoms with Crippen molar-refractivity contribution in [2.45, 2.75) is 19.4 Å². The SMILES string of the molecule is CCO[P@]1(=O)OCC[C@@H](CCl)O1. The van der Waals surface area contributed by atoms with Gasteiger partial charge in [-0.3, -0.25) is 13.6 Å². The fourth-order valence-corrected chi connectivity index (χ4v) is 2.58. The van der Waals surface area contributed by atoms with Crippen LogP contribution in [-0.4, -0.2) is 25.2 Å². The molecule has 0 aliphatic carbocycles. The number of hydrogen-bond donors (Lipinski definition) is 0. The molecule has 0 aromatic heterocycles. The number of phosphoric ester groups is 1. The Balaban J connectivity index is 2.49. The minimum absolute atomic E-state index is 0.210. The van der Waals surface area contributed by atoms with E-state index in [1.807, 2.05) is 0 Å². The van der Waals surface area contributed by atoms with Gasteiger partial charge in [0.15, 0.2) is 0 Å². The van der Waals surface area contributed by atoms with Gasteiger partial charge < -0.3 is 0 Å². The van der Waals surface area contributed by atoms with Crippen molar-refractivity contribution in [2.75, 3.05) is 19.1 Å². The molecule has 72 valence electrons. The quantitative estimate of drug-likeness (QED) is 0.534. The molecule has 1 aliphatic heterocycles. The Bertz CT molecular complexity index is 180. The Morgan fingerprint density at radius 3 is 3.08 bits per heavy atom. The Kier molecular flexibility index (Phi) is 4.00. The van der Waals surface area contributed by atoms with Crippen molar-refractivity contribution in [1.29, 1.82) is 0 Å². The number of rotatable bonds is 3. The molecule has 2 atom stereocenters. The first-order valence-electron chi connectivity index (χ1n) is 3.83. The molecule has 0 saturated carbocycles. The van der Waals surface area contributed by atoms with Crippen molar-refractivity contribution < 1.29 is 18.1 Å². The van der Waals surface area contributed by atoms with Gasteiger partial charge in [-0.2, -0.15) is 0 Å². The summed E-state index contributed by atoms with van der Waals surface area (Å²) in [5.41, 5.74) is 0. The molecule has 1 saturated heterocycles. The molecular formula is C6H12ClO4P. The number of alkyl halides is 1. The summed E-state index contributed by atoms with van der Waals surface area (Å²) >= 11 is 5.55. The maximum Gasteiger partial charge on any atom is 0.475 e. The summed E-state index contributed by atoms with van der Waals surface area (Å²) in [6.45, 7) is 2.43. The van der Waals surface area contributed by atoms with E-state index in [2.05, 4.69) is 0 Å². The highest BCUT2D eigenvalue weighted by molar-refractivity contribution is 7.48. The van der Waals surface area contributed by atoms with Crippen LogP contribution >= 0.6 is 19.4 Å². The maximum absolute atomic E-state index is 11.5. The fourth-order valence-electron chi connectivity index (χ4n) is 0.893. The van der Waals surface area contributed by atoms with Crippen LogP contribution in [0.1, 0.15) is 13.3 Å². The Hall–Kier alpha value is 0.400. The third kappa shape index (κ3) is 2.71. The van der Waals surface area contributed by atoms with Crippen LogP contribution in [0.15, 0.2) is 0 Å². The Morgan fingerprint density at radius 1 is 1.75 bits per heavy atom. The monoisotopic (exact) mass is 214 g/mol. The third-order valence-corrected chi connectivity index (χ3v) is 3.40. The highest BCUT2D eigenvalue weighted by Crippen LogP contribution is 2.53. The van der Waals surface area contributed by atoms with Crippen molar-refractivity contribution in [1.82, 2.24) is 0 Å². The molecule has 12 heavy (non-hydrogen) atoms. The molecule has 1 rings (SSSR count). The maximum atomic E-state index is 11.5. The second-order valence-corrected chi connectivity index (χ2v) is 4.30. The Labute approximate surface area is 76.8 Å². The summed E-state index contributed by atoms with van der Waals surface area (Å²) in [4.78, 5) is 0. The van der Waals surface area contributed by atoms with E-state index in [0.29, 0.717) is 25.5 Å². The van der Waals surface area contributed by atoms with Crippen LogP contribution in [-0.2, 0) is 18.1 Å². The van der Waals surface area contributed by atoms with Gasteiger partial charge in [-0.15, -0.1) is 11.6 Å². The Morgan fingerprint density at radius 2 is 2.50 bits per heavy atom. The van der Waals surface area contributed by atoms with Crippen LogP contribution < -0.4 is 0 Å². The van der Waals surface area contributed by atoms with Gasteiger partial charge in [-0.05, 0) is 13.3 Å². The lowest BCUT2D eigenvalue weighted by molar-refractivity contribution is 0.0405. The zero-order valence-corrected chi connectivity index (χ0v) is 8.51. The average Bonchev–Trinajstić information content (AvgIpc) is 2.04. The molecule has 6 heteroatoms. The van der Waals surface area contributed by atoms with Crippen molar-refractivity contribution >= 4 is 19.4 Å². The summed E-state index contributed by atoms with van der Waals surface area (Å²) in [6.07, 6.45) is 0.457. The van der Waals surface area contributed by atoms with Gasteiger partial charge in [-0.1, -0.05) is 0 Å². The standard InChI is InChI=1S/C6H12ClO4P/c1-2-9-12(8)10-4-3-6(5-7)11-12/h6H,2-5H2,1H3/t6-,12+/m0/s1. The second kappa shape index (κ2) is 4.58. The first-order chi connectivity index (χ1) is 5.70. The summed E-state index contributed by atoms with van der Waals surface area (Å²) < 4.78 is 26.3. The van der Waals surface area contributed by atoms with E-state index in [0.717, 1.165) is 0 Å². The van der Waals surface area contributed by atoms with Crippen molar-refractivity contribution in [3.05, 3.63) is 0 Å².